The smallest absolute Gasteiger partial charge is 0.165 e. The van der Waals surface area contributed by atoms with Crippen molar-refractivity contribution in [1.29, 1.82) is 0 Å². The van der Waals surface area contributed by atoms with Gasteiger partial charge in [0.1, 0.15) is 0 Å². The van der Waals surface area contributed by atoms with Crippen molar-refractivity contribution in [2.45, 2.75) is 6.04 Å². The van der Waals surface area contributed by atoms with Gasteiger partial charge < -0.3 is 10.4 Å². The molecule has 92 valence electrons. The molecule has 0 radical (unpaired) electrons. The maximum absolute atomic E-state index is 13.3. The molecule has 0 bridgehead atoms. The number of para-hydroxylation sites is 1. The van der Waals surface area contributed by atoms with Gasteiger partial charge in [-0.2, -0.15) is 0 Å². The molecule has 0 unspecified atom stereocenters. The van der Waals surface area contributed by atoms with E-state index < -0.39 is 5.82 Å². The Morgan fingerprint density at radius 3 is 2.76 bits per heavy atom. The van der Waals surface area contributed by atoms with Crippen molar-refractivity contribution >= 4 is 0 Å². The maximum atomic E-state index is 13.3. The number of hydrogen-bond donors (Lipinski definition) is 2. The van der Waals surface area contributed by atoms with Gasteiger partial charge in [-0.15, -0.1) is 6.58 Å². The molecule has 1 heterocycles. The third kappa shape index (κ3) is 2.48. The van der Waals surface area contributed by atoms with Crippen molar-refractivity contribution in [1.82, 2.24) is 10.2 Å². The van der Waals surface area contributed by atoms with E-state index in [4.69, 9.17) is 0 Å². The molecule has 2 rings (SSSR count). The Labute approximate surface area is 101 Å². The van der Waals surface area contributed by atoms with Crippen LogP contribution in [0.4, 0.5) is 4.39 Å². The van der Waals surface area contributed by atoms with Gasteiger partial charge in [-0.25, -0.2) is 4.39 Å². The van der Waals surface area contributed by atoms with Crippen molar-refractivity contribution in [3.63, 3.8) is 0 Å². The predicted molar refractivity (Wildman–Crippen MR) is 65.4 cm³/mol. The van der Waals surface area contributed by atoms with Crippen LogP contribution in [-0.4, -0.2) is 36.2 Å². The molecule has 0 saturated carbocycles. The summed E-state index contributed by atoms with van der Waals surface area (Å²) in [5.74, 6) is -0.847. The van der Waals surface area contributed by atoms with E-state index in [0.29, 0.717) is 5.56 Å². The lowest BCUT2D eigenvalue weighted by Gasteiger charge is -2.33. The van der Waals surface area contributed by atoms with Crippen LogP contribution in [0.15, 0.2) is 30.9 Å². The molecule has 0 aliphatic carbocycles. The lowest BCUT2D eigenvalue weighted by molar-refractivity contribution is 0.200. The molecule has 1 saturated heterocycles. The molecule has 17 heavy (non-hydrogen) atoms. The van der Waals surface area contributed by atoms with E-state index in [1.807, 2.05) is 0 Å². The van der Waals surface area contributed by atoms with Gasteiger partial charge in [0, 0.05) is 31.7 Å². The second-order valence-electron chi connectivity index (χ2n) is 4.14. The van der Waals surface area contributed by atoms with Gasteiger partial charge in [0.05, 0.1) is 6.04 Å². The van der Waals surface area contributed by atoms with E-state index in [1.165, 1.54) is 6.07 Å². The minimum Gasteiger partial charge on any atom is -0.505 e. The largest absolute Gasteiger partial charge is 0.505 e. The van der Waals surface area contributed by atoms with Crippen LogP contribution >= 0.6 is 0 Å². The van der Waals surface area contributed by atoms with E-state index in [2.05, 4.69) is 16.8 Å². The number of hydrogen-bond acceptors (Lipinski definition) is 3. The van der Waals surface area contributed by atoms with E-state index in [-0.39, 0.29) is 11.8 Å². The molecule has 2 N–H and O–H groups in total. The molecule has 1 aromatic rings. The fourth-order valence-electron chi connectivity index (χ4n) is 2.20. The Morgan fingerprint density at radius 1 is 1.41 bits per heavy atom. The number of nitrogens with one attached hydrogen (secondary N) is 1. The molecule has 1 aliphatic rings. The highest BCUT2D eigenvalue weighted by molar-refractivity contribution is 5.38. The zero-order valence-corrected chi connectivity index (χ0v) is 9.69. The summed E-state index contributed by atoms with van der Waals surface area (Å²) in [6.45, 7) is 7.33. The van der Waals surface area contributed by atoms with Crippen molar-refractivity contribution in [2.75, 3.05) is 26.2 Å². The van der Waals surface area contributed by atoms with Crippen LogP contribution in [-0.2, 0) is 0 Å². The van der Waals surface area contributed by atoms with Crippen LogP contribution in [0.1, 0.15) is 11.6 Å². The minimum absolute atomic E-state index is 0.132. The standard InChI is InChI=1S/C13H17FN2O/c1-2-12(16-8-6-15-7-9-16)10-4-3-5-11(14)13(10)17/h2-5,12,15,17H,1,6-9H2/t12-/m0/s1. The van der Waals surface area contributed by atoms with Gasteiger partial charge in [-0.3, -0.25) is 4.90 Å². The van der Waals surface area contributed by atoms with E-state index in [1.54, 1.807) is 18.2 Å². The zero-order chi connectivity index (χ0) is 12.3. The van der Waals surface area contributed by atoms with Crippen molar-refractivity contribution in [3.05, 3.63) is 42.2 Å². The molecule has 1 aliphatic heterocycles. The molecule has 1 fully saturated rings. The molecule has 1 aromatic carbocycles. The van der Waals surface area contributed by atoms with Gasteiger partial charge in [0.25, 0.3) is 0 Å². The Kier molecular flexibility index (Phi) is 3.76. The second kappa shape index (κ2) is 5.29. The molecule has 0 aromatic heterocycles. The first-order chi connectivity index (χ1) is 8.24. The Bertz CT molecular complexity index is 402. The van der Waals surface area contributed by atoms with Crippen molar-refractivity contribution in [2.24, 2.45) is 0 Å². The predicted octanol–water partition coefficient (Wildman–Crippen LogP) is 1.66. The first-order valence-electron chi connectivity index (χ1n) is 5.78. The summed E-state index contributed by atoms with van der Waals surface area (Å²) in [7, 11) is 0. The molecule has 4 heteroatoms. The lowest BCUT2D eigenvalue weighted by Crippen LogP contribution is -2.44. The van der Waals surface area contributed by atoms with Crippen LogP contribution in [0, 0.1) is 5.82 Å². The highest BCUT2D eigenvalue weighted by Crippen LogP contribution is 2.31. The topological polar surface area (TPSA) is 35.5 Å². The molecule has 0 spiro atoms. The quantitative estimate of drug-likeness (QED) is 0.784. The SMILES string of the molecule is C=C[C@@H](c1cccc(F)c1O)N1CCNCC1. The minimum atomic E-state index is -0.579. The van der Waals surface area contributed by atoms with Crippen molar-refractivity contribution in [3.8, 4) is 5.75 Å². The van der Waals surface area contributed by atoms with Crippen LogP contribution in [0.5, 0.6) is 5.75 Å². The number of halogens is 1. The van der Waals surface area contributed by atoms with E-state index in [9.17, 15) is 9.50 Å². The average Bonchev–Trinajstić information content (AvgIpc) is 2.37. The zero-order valence-electron chi connectivity index (χ0n) is 9.69. The van der Waals surface area contributed by atoms with Crippen LogP contribution in [0.25, 0.3) is 0 Å². The number of aromatic hydroxyl groups is 1. The summed E-state index contributed by atoms with van der Waals surface area (Å²) < 4.78 is 13.3. The Hall–Kier alpha value is -1.39. The number of phenols is 1. The summed E-state index contributed by atoms with van der Waals surface area (Å²) in [4.78, 5) is 2.18. The van der Waals surface area contributed by atoms with Gasteiger partial charge in [-0.1, -0.05) is 18.2 Å². The van der Waals surface area contributed by atoms with Gasteiger partial charge >= 0.3 is 0 Å². The van der Waals surface area contributed by atoms with E-state index in [0.717, 1.165) is 26.2 Å². The van der Waals surface area contributed by atoms with Crippen LogP contribution in [0.2, 0.25) is 0 Å². The molecular formula is C13H17FN2O. The summed E-state index contributed by atoms with van der Waals surface area (Å²) in [6, 6.07) is 4.49. The highest BCUT2D eigenvalue weighted by Gasteiger charge is 2.22. The number of benzene rings is 1. The maximum Gasteiger partial charge on any atom is 0.165 e. The molecular weight excluding hydrogens is 219 g/mol. The average molecular weight is 236 g/mol. The first-order valence-corrected chi connectivity index (χ1v) is 5.78. The van der Waals surface area contributed by atoms with Gasteiger partial charge in [-0.05, 0) is 6.07 Å². The monoisotopic (exact) mass is 236 g/mol. The van der Waals surface area contributed by atoms with Crippen LogP contribution < -0.4 is 5.32 Å². The summed E-state index contributed by atoms with van der Waals surface area (Å²) in [6.07, 6.45) is 1.75. The molecule has 1 atom stereocenters. The van der Waals surface area contributed by atoms with Gasteiger partial charge in [0.2, 0.25) is 0 Å². The first kappa shape index (κ1) is 12.1. The summed E-state index contributed by atoms with van der Waals surface area (Å²) in [5, 5.41) is 13.0. The van der Waals surface area contributed by atoms with Crippen LogP contribution in [0.3, 0.4) is 0 Å². The third-order valence-corrected chi connectivity index (χ3v) is 3.10. The third-order valence-electron chi connectivity index (χ3n) is 3.10. The number of piperazine rings is 1. The van der Waals surface area contributed by atoms with Crippen molar-refractivity contribution < 1.29 is 9.50 Å². The fourth-order valence-corrected chi connectivity index (χ4v) is 2.20. The number of rotatable bonds is 3. The number of phenolic OH excluding ortho intramolecular Hbond substituents is 1. The normalized spacial score (nSPS) is 18.9. The second-order valence-corrected chi connectivity index (χ2v) is 4.14. The molecule has 3 nitrogen and oxygen atoms in total. The lowest BCUT2D eigenvalue weighted by atomic mass is 10.0. The number of nitrogens with zero attached hydrogens (tertiary/aromatic N) is 1. The summed E-state index contributed by atoms with van der Waals surface area (Å²) >= 11 is 0. The highest BCUT2D eigenvalue weighted by atomic mass is 19.1. The van der Waals surface area contributed by atoms with Gasteiger partial charge in [0.15, 0.2) is 11.6 Å². The molecule has 0 amide bonds. The Morgan fingerprint density at radius 2 is 2.12 bits per heavy atom. The summed E-state index contributed by atoms with van der Waals surface area (Å²) in [5.41, 5.74) is 0.585. The van der Waals surface area contributed by atoms with E-state index >= 15 is 0 Å². The fraction of sp³-hybridized carbons (Fsp3) is 0.385. The Balaban J connectivity index is 2.27.